The molecule has 2 heterocycles. The van der Waals surface area contributed by atoms with Gasteiger partial charge in [-0.3, -0.25) is 4.79 Å². The average molecular weight is 319 g/mol. The molecule has 3 rings (SSSR count). The number of benzene rings is 1. The lowest BCUT2D eigenvalue weighted by Crippen LogP contribution is -2.58. The van der Waals surface area contributed by atoms with Crippen LogP contribution in [-0.4, -0.2) is 47.5 Å². The largest absolute Gasteiger partial charge is 0.369 e. The van der Waals surface area contributed by atoms with Crippen molar-refractivity contribution in [3.8, 4) is 0 Å². The normalized spacial score (nSPS) is 21.8. The molecule has 0 unspecified atom stereocenters. The van der Waals surface area contributed by atoms with E-state index in [-0.39, 0.29) is 5.91 Å². The number of amides is 1. The fraction of sp³-hybridized carbons (Fsp3) is 0.588. The Labute approximate surface area is 137 Å². The summed E-state index contributed by atoms with van der Waals surface area (Å²) in [6.07, 6.45) is 5.14. The third-order valence-corrected chi connectivity index (χ3v) is 5.99. The maximum Gasteiger partial charge on any atom is 0.250 e. The molecule has 0 radical (unpaired) electrons. The number of para-hydroxylation sites is 2. The van der Waals surface area contributed by atoms with Crippen molar-refractivity contribution in [3.05, 3.63) is 24.3 Å². The lowest BCUT2D eigenvalue weighted by Gasteiger charge is -2.44. The predicted molar refractivity (Wildman–Crippen MR) is 94.7 cm³/mol. The van der Waals surface area contributed by atoms with Crippen LogP contribution < -0.4 is 10.6 Å². The van der Waals surface area contributed by atoms with Gasteiger partial charge in [-0.05, 0) is 44.2 Å². The maximum absolute atomic E-state index is 12.6. The first kappa shape index (κ1) is 15.7. The molecule has 1 atom stereocenters. The molecule has 1 aromatic carbocycles. The highest BCUT2D eigenvalue weighted by atomic mass is 32.2. The molecule has 120 valence electrons. The van der Waals surface area contributed by atoms with Crippen molar-refractivity contribution < 1.29 is 4.79 Å². The van der Waals surface area contributed by atoms with E-state index < -0.39 is 5.54 Å². The quantitative estimate of drug-likeness (QED) is 0.895. The second-order valence-electron chi connectivity index (χ2n) is 6.38. The van der Waals surface area contributed by atoms with Crippen LogP contribution in [0.4, 0.5) is 11.4 Å². The van der Waals surface area contributed by atoms with Gasteiger partial charge in [-0.2, -0.15) is 11.8 Å². The van der Waals surface area contributed by atoms with Crippen molar-refractivity contribution in [2.24, 2.45) is 0 Å². The molecule has 1 spiro atoms. The Morgan fingerprint density at radius 2 is 1.95 bits per heavy atom. The number of likely N-dealkylation sites (tertiary alicyclic amines) is 1. The number of fused-ring (bicyclic) bond motifs is 1. The van der Waals surface area contributed by atoms with Crippen molar-refractivity contribution >= 4 is 29.0 Å². The number of rotatable bonds is 4. The number of thioether (sulfide) groups is 1. The van der Waals surface area contributed by atoms with Crippen molar-refractivity contribution in [2.75, 3.05) is 36.5 Å². The highest BCUT2D eigenvalue weighted by molar-refractivity contribution is 7.99. The predicted octanol–water partition coefficient (Wildman–Crippen LogP) is 3.03. The standard InChI is InChI=1S/C17H25N3OS/c1-13(22-2)7-10-20-11-8-17(9-12-20)16(21)18-14-5-3-4-6-15(14)19-17/h3-6,13,19H,7-12H2,1-2H3,(H,18,21)/t13-/m0/s1. The van der Waals surface area contributed by atoms with Crippen LogP contribution in [0.3, 0.4) is 0 Å². The topological polar surface area (TPSA) is 44.4 Å². The number of anilines is 2. The van der Waals surface area contributed by atoms with Gasteiger partial charge in [-0.25, -0.2) is 0 Å². The molecule has 1 fully saturated rings. The van der Waals surface area contributed by atoms with E-state index in [4.69, 9.17) is 0 Å². The van der Waals surface area contributed by atoms with E-state index in [1.165, 1.54) is 6.42 Å². The number of carbonyl (C=O) groups excluding carboxylic acids is 1. The molecule has 0 aliphatic carbocycles. The zero-order valence-electron chi connectivity index (χ0n) is 13.4. The van der Waals surface area contributed by atoms with E-state index in [1.807, 2.05) is 36.0 Å². The Morgan fingerprint density at radius 1 is 1.27 bits per heavy atom. The lowest BCUT2D eigenvalue weighted by molar-refractivity contribution is -0.122. The SMILES string of the molecule is CS[C@@H](C)CCN1CCC2(CC1)Nc1ccccc1NC2=O. The number of nitrogens with one attached hydrogen (secondary N) is 2. The second-order valence-corrected chi connectivity index (χ2v) is 7.66. The second kappa shape index (κ2) is 6.50. The Kier molecular flexibility index (Phi) is 4.64. The van der Waals surface area contributed by atoms with Crippen molar-refractivity contribution in [1.82, 2.24) is 4.90 Å². The number of piperidine rings is 1. The number of carbonyl (C=O) groups is 1. The Morgan fingerprint density at radius 3 is 2.64 bits per heavy atom. The van der Waals surface area contributed by atoms with Gasteiger partial charge in [0.2, 0.25) is 5.91 Å². The fourth-order valence-corrected chi connectivity index (χ4v) is 3.59. The van der Waals surface area contributed by atoms with E-state index in [0.29, 0.717) is 5.25 Å². The minimum atomic E-state index is -0.421. The van der Waals surface area contributed by atoms with Crippen LogP contribution >= 0.6 is 11.8 Å². The zero-order chi connectivity index (χ0) is 15.6. The summed E-state index contributed by atoms with van der Waals surface area (Å²) in [6.45, 7) is 5.40. The average Bonchev–Trinajstić information content (AvgIpc) is 2.55. The van der Waals surface area contributed by atoms with Gasteiger partial charge in [0.25, 0.3) is 0 Å². The molecule has 4 nitrogen and oxygen atoms in total. The summed E-state index contributed by atoms with van der Waals surface area (Å²) in [5.74, 6) is 0.128. The molecular weight excluding hydrogens is 294 g/mol. The molecule has 22 heavy (non-hydrogen) atoms. The minimum absolute atomic E-state index is 0.128. The first-order valence-electron chi connectivity index (χ1n) is 8.07. The van der Waals surface area contributed by atoms with Gasteiger partial charge >= 0.3 is 0 Å². The van der Waals surface area contributed by atoms with Crippen LogP contribution in [0.5, 0.6) is 0 Å². The Balaban J connectivity index is 1.62. The van der Waals surface area contributed by atoms with Crippen molar-refractivity contribution in [3.63, 3.8) is 0 Å². The van der Waals surface area contributed by atoms with Gasteiger partial charge in [0, 0.05) is 18.3 Å². The van der Waals surface area contributed by atoms with E-state index in [9.17, 15) is 4.79 Å². The van der Waals surface area contributed by atoms with Gasteiger partial charge < -0.3 is 15.5 Å². The smallest absolute Gasteiger partial charge is 0.250 e. The Bertz CT molecular complexity index is 540. The van der Waals surface area contributed by atoms with Gasteiger partial charge in [-0.15, -0.1) is 0 Å². The van der Waals surface area contributed by atoms with Gasteiger partial charge in [0.1, 0.15) is 5.54 Å². The van der Waals surface area contributed by atoms with Crippen LogP contribution in [0.2, 0.25) is 0 Å². The first-order valence-corrected chi connectivity index (χ1v) is 9.35. The summed E-state index contributed by atoms with van der Waals surface area (Å²) < 4.78 is 0. The summed E-state index contributed by atoms with van der Waals surface area (Å²) in [6, 6.07) is 7.96. The molecule has 2 N–H and O–H groups in total. The van der Waals surface area contributed by atoms with E-state index in [2.05, 4.69) is 28.7 Å². The third-order valence-electron chi connectivity index (χ3n) is 4.95. The zero-order valence-corrected chi connectivity index (χ0v) is 14.2. The monoisotopic (exact) mass is 319 g/mol. The molecule has 0 bridgehead atoms. The molecule has 0 saturated carbocycles. The summed E-state index contributed by atoms with van der Waals surface area (Å²) in [7, 11) is 0. The molecule has 5 heteroatoms. The van der Waals surface area contributed by atoms with E-state index in [1.54, 1.807) is 0 Å². The molecular formula is C17H25N3OS. The Hall–Kier alpha value is -1.20. The van der Waals surface area contributed by atoms with Crippen molar-refractivity contribution in [2.45, 2.75) is 37.0 Å². The first-order chi connectivity index (χ1) is 10.6. The highest BCUT2D eigenvalue weighted by Crippen LogP contribution is 2.36. The van der Waals surface area contributed by atoms with Crippen LogP contribution in [0.1, 0.15) is 26.2 Å². The third kappa shape index (κ3) is 3.10. The summed E-state index contributed by atoms with van der Waals surface area (Å²) in [4.78, 5) is 15.1. The molecule has 2 aliphatic heterocycles. The number of hydrogen-bond donors (Lipinski definition) is 2. The minimum Gasteiger partial charge on any atom is -0.369 e. The van der Waals surface area contributed by atoms with Gasteiger partial charge in [-0.1, -0.05) is 19.1 Å². The van der Waals surface area contributed by atoms with Gasteiger partial charge in [0.15, 0.2) is 0 Å². The molecule has 1 amide bonds. The van der Waals surface area contributed by atoms with E-state index in [0.717, 1.165) is 43.9 Å². The highest BCUT2D eigenvalue weighted by Gasteiger charge is 2.44. The van der Waals surface area contributed by atoms with Crippen LogP contribution in [0, 0.1) is 0 Å². The molecule has 1 saturated heterocycles. The number of nitrogens with zero attached hydrogens (tertiary/aromatic N) is 1. The molecule has 1 aromatic rings. The van der Waals surface area contributed by atoms with Crippen molar-refractivity contribution in [1.29, 1.82) is 0 Å². The number of hydrogen-bond acceptors (Lipinski definition) is 4. The summed E-state index contributed by atoms with van der Waals surface area (Å²) in [5, 5.41) is 7.29. The summed E-state index contributed by atoms with van der Waals surface area (Å²) >= 11 is 1.92. The molecule has 2 aliphatic rings. The fourth-order valence-electron chi connectivity index (χ4n) is 3.25. The molecule has 0 aromatic heterocycles. The van der Waals surface area contributed by atoms with Crippen LogP contribution in [0.25, 0.3) is 0 Å². The van der Waals surface area contributed by atoms with E-state index >= 15 is 0 Å². The maximum atomic E-state index is 12.6. The summed E-state index contributed by atoms with van der Waals surface area (Å²) in [5.41, 5.74) is 1.52. The van der Waals surface area contributed by atoms with Crippen LogP contribution in [0.15, 0.2) is 24.3 Å². The van der Waals surface area contributed by atoms with Crippen LogP contribution in [-0.2, 0) is 4.79 Å². The van der Waals surface area contributed by atoms with Gasteiger partial charge in [0.05, 0.1) is 11.4 Å². The lowest BCUT2D eigenvalue weighted by atomic mass is 9.84.